The number of hydrogen-bond donors (Lipinski definition) is 2. The highest BCUT2D eigenvalue weighted by Crippen LogP contribution is 2.26. The molecule has 0 aromatic carbocycles. The molecule has 2 N–H and O–H groups in total. The van der Waals surface area contributed by atoms with E-state index in [9.17, 15) is 0 Å². The fraction of sp³-hybridized carbons (Fsp3) is 0.333. The number of aromatic nitrogens is 6. The van der Waals surface area contributed by atoms with Crippen molar-refractivity contribution in [3.8, 4) is 0 Å². The summed E-state index contributed by atoms with van der Waals surface area (Å²) in [7, 11) is 0. The summed E-state index contributed by atoms with van der Waals surface area (Å²) in [6.45, 7) is 6.48. The third kappa shape index (κ3) is 2.44. The zero-order valence-electron chi connectivity index (χ0n) is 14.0. The first-order valence-corrected chi connectivity index (χ1v) is 8.26. The first-order chi connectivity index (χ1) is 11.6. The van der Waals surface area contributed by atoms with E-state index in [-0.39, 0.29) is 5.92 Å². The molecule has 0 radical (unpaired) electrons. The molecular weight excluding hydrogens is 300 g/mol. The molecule has 0 aliphatic heterocycles. The Labute approximate surface area is 139 Å². The zero-order chi connectivity index (χ0) is 16.7. The fourth-order valence-electron chi connectivity index (χ4n) is 3.13. The highest BCUT2D eigenvalue weighted by Gasteiger charge is 2.16. The molecule has 0 spiro atoms. The van der Waals surface area contributed by atoms with Crippen molar-refractivity contribution in [1.82, 2.24) is 30.4 Å². The molecule has 122 valence electrons. The van der Waals surface area contributed by atoms with Crippen molar-refractivity contribution in [3.63, 3.8) is 0 Å². The van der Waals surface area contributed by atoms with Crippen molar-refractivity contribution < 1.29 is 0 Å². The third-order valence-corrected chi connectivity index (χ3v) is 4.43. The summed E-state index contributed by atoms with van der Waals surface area (Å²) in [6, 6.07) is 8.10. The molecule has 6 heteroatoms. The van der Waals surface area contributed by atoms with Crippen molar-refractivity contribution in [1.29, 1.82) is 0 Å². The Balaban J connectivity index is 1.67. The van der Waals surface area contributed by atoms with E-state index in [1.807, 2.05) is 12.1 Å². The first kappa shape index (κ1) is 14.8. The van der Waals surface area contributed by atoms with Crippen LogP contribution in [0.25, 0.3) is 22.1 Å². The van der Waals surface area contributed by atoms with Crippen LogP contribution in [-0.2, 0) is 6.42 Å². The van der Waals surface area contributed by atoms with Gasteiger partial charge >= 0.3 is 0 Å². The van der Waals surface area contributed by atoms with E-state index in [4.69, 9.17) is 4.98 Å². The van der Waals surface area contributed by atoms with Gasteiger partial charge in [-0.15, -0.1) is 0 Å². The van der Waals surface area contributed by atoms with E-state index in [1.54, 1.807) is 6.20 Å². The number of aromatic amines is 2. The van der Waals surface area contributed by atoms with Crippen molar-refractivity contribution in [2.75, 3.05) is 0 Å². The lowest BCUT2D eigenvalue weighted by molar-refractivity contribution is 0.717. The van der Waals surface area contributed by atoms with Gasteiger partial charge in [0.1, 0.15) is 11.0 Å². The van der Waals surface area contributed by atoms with Crippen LogP contribution in [0.3, 0.4) is 0 Å². The highest BCUT2D eigenvalue weighted by molar-refractivity contribution is 5.78. The monoisotopic (exact) mass is 320 g/mol. The Morgan fingerprint density at radius 3 is 2.67 bits per heavy atom. The second-order valence-electron chi connectivity index (χ2n) is 6.58. The number of H-pyrrole nitrogens is 2. The fourth-order valence-corrected chi connectivity index (χ4v) is 3.13. The van der Waals surface area contributed by atoms with Gasteiger partial charge in [0, 0.05) is 28.9 Å². The summed E-state index contributed by atoms with van der Waals surface area (Å²) in [5.41, 5.74) is 5.92. The van der Waals surface area contributed by atoms with Gasteiger partial charge in [0.15, 0.2) is 5.65 Å². The van der Waals surface area contributed by atoms with Crippen molar-refractivity contribution in [3.05, 3.63) is 47.5 Å². The van der Waals surface area contributed by atoms with Crippen LogP contribution >= 0.6 is 0 Å². The first-order valence-electron chi connectivity index (χ1n) is 8.26. The molecule has 1 atom stereocenters. The Hall–Kier alpha value is -2.76. The van der Waals surface area contributed by atoms with Gasteiger partial charge < -0.3 is 0 Å². The minimum atomic E-state index is 0.276. The quantitative estimate of drug-likeness (QED) is 0.600. The van der Waals surface area contributed by atoms with Crippen LogP contribution in [-0.4, -0.2) is 30.4 Å². The van der Waals surface area contributed by atoms with E-state index in [1.165, 1.54) is 0 Å². The molecular formula is C18H20N6. The Kier molecular flexibility index (Phi) is 3.52. The van der Waals surface area contributed by atoms with Crippen molar-refractivity contribution in [2.24, 2.45) is 0 Å². The summed E-state index contributed by atoms with van der Waals surface area (Å²) < 4.78 is 0. The molecule has 1 unspecified atom stereocenters. The molecule has 6 nitrogen and oxygen atoms in total. The molecule has 0 aliphatic carbocycles. The average molecular weight is 320 g/mol. The average Bonchev–Trinajstić information content (AvgIpc) is 3.18. The summed E-state index contributed by atoms with van der Waals surface area (Å²) in [4.78, 5) is 9.13. The second-order valence-corrected chi connectivity index (χ2v) is 6.58. The van der Waals surface area contributed by atoms with Gasteiger partial charge in [-0.25, -0.2) is 9.97 Å². The van der Waals surface area contributed by atoms with Gasteiger partial charge in [-0.05, 0) is 36.6 Å². The van der Waals surface area contributed by atoms with E-state index >= 15 is 0 Å². The smallest absolute Gasteiger partial charge is 0.181 e. The van der Waals surface area contributed by atoms with Crippen LogP contribution in [0.5, 0.6) is 0 Å². The van der Waals surface area contributed by atoms with E-state index in [0.29, 0.717) is 5.92 Å². The molecule has 0 fully saturated rings. The standard InChI is InChI=1S/C18H20N6/c1-10(2)15-17-14(21-22-15)7-6-12(20-17)9-11(3)16-13-5-4-8-19-18(13)24-23-16/h4-8,10-11H,9H2,1-3H3,(H,21,22)(H,19,23,24). The molecule has 4 aromatic heterocycles. The van der Waals surface area contributed by atoms with Gasteiger partial charge in [0.05, 0.1) is 5.69 Å². The predicted octanol–water partition coefficient (Wildman–Crippen LogP) is 3.70. The molecule has 0 saturated heterocycles. The van der Waals surface area contributed by atoms with Crippen LogP contribution in [0.1, 0.15) is 49.7 Å². The predicted molar refractivity (Wildman–Crippen MR) is 94.0 cm³/mol. The minimum absolute atomic E-state index is 0.276. The van der Waals surface area contributed by atoms with Crippen molar-refractivity contribution in [2.45, 2.75) is 39.0 Å². The SMILES string of the molecule is CC(C)c1[nH]nc2ccc(CC(C)c3[nH]nc4ncccc34)nc12. The van der Waals surface area contributed by atoms with Crippen LogP contribution in [0.2, 0.25) is 0 Å². The maximum atomic E-state index is 4.84. The summed E-state index contributed by atoms with van der Waals surface area (Å²) >= 11 is 0. The normalized spacial score (nSPS) is 13.2. The van der Waals surface area contributed by atoms with Gasteiger partial charge in [-0.2, -0.15) is 10.2 Å². The summed E-state index contributed by atoms with van der Waals surface area (Å²) in [5, 5.41) is 16.0. The third-order valence-electron chi connectivity index (χ3n) is 4.43. The molecule has 0 bridgehead atoms. The lowest BCUT2D eigenvalue weighted by Crippen LogP contribution is -2.02. The molecule has 0 amide bonds. The molecule has 4 rings (SSSR count). The van der Waals surface area contributed by atoms with Crippen LogP contribution in [0.15, 0.2) is 30.5 Å². The maximum Gasteiger partial charge on any atom is 0.181 e. The summed E-state index contributed by atoms with van der Waals surface area (Å²) in [5.74, 6) is 0.649. The largest absolute Gasteiger partial charge is 0.279 e. The second kappa shape index (κ2) is 5.70. The van der Waals surface area contributed by atoms with Crippen LogP contribution in [0, 0.1) is 0 Å². The number of nitrogens with zero attached hydrogens (tertiary/aromatic N) is 4. The van der Waals surface area contributed by atoms with Crippen LogP contribution < -0.4 is 0 Å². The lowest BCUT2D eigenvalue weighted by Gasteiger charge is -2.10. The number of nitrogens with one attached hydrogen (secondary N) is 2. The van der Waals surface area contributed by atoms with Gasteiger partial charge in [0.2, 0.25) is 0 Å². The summed E-state index contributed by atoms with van der Waals surface area (Å²) in [6.07, 6.45) is 2.60. The maximum absolute atomic E-state index is 4.84. The Bertz CT molecular complexity index is 997. The van der Waals surface area contributed by atoms with Crippen LogP contribution in [0.4, 0.5) is 0 Å². The number of rotatable bonds is 4. The van der Waals surface area contributed by atoms with Crippen molar-refractivity contribution >= 4 is 22.1 Å². The lowest BCUT2D eigenvalue weighted by atomic mass is 9.99. The highest BCUT2D eigenvalue weighted by atomic mass is 15.2. The van der Waals surface area contributed by atoms with E-state index in [2.05, 4.69) is 58.3 Å². The zero-order valence-corrected chi connectivity index (χ0v) is 14.0. The molecule has 4 aromatic rings. The van der Waals surface area contributed by atoms with E-state index in [0.717, 1.165) is 45.6 Å². The number of hydrogen-bond acceptors (Lipinski definition) is 4. The molecule has 0 saturated carbocycles. The number of fused-ring (bicyclic) bond motifs is 2. The van der Waals surface area contributed by atoms with Gasteiger partial charge in [-0.3, -0.25) is 10.2 Å². The number of pyridine rings is 2. The Morgan fingerprint density at radius 1 is 1.00 bits per heavy atom. The molecule has 4 heterocycles. The minimum Gasteiger partial charge on any atom is -0.279 e. The van der Waals surface area contributed by atoms with Gasteiger partial charge in [-0.1, -0.05) is 20.8 Å². The molecule has 0 aliphatic rings. The Morgan fingerprint density at radius 2 is 1.83 bits per heavy atom. The topological polar surface area (TPSA) is 83.1 Å². The van der Waals surface area contributed by atoms with E-state index < -0.39 is 0 Å². The van der Waals surface area contributed by atoms with Gasteiger partial charge in [0.25, 0.3) is 0 Å². The molecule has 24 heavy (non-hydrogen) atoms.